The first-order valence-electron chi connectivity index (χ1n) is 6.94. The fraction of sp³-hybridized carbons (Fsp3) is 0.250. The number of fused-ring (bicyclic) bond motifs is 3. The molecule has 3 heterocycles. The SMILES string of the molecule is Cc1ccc(N2C(=O)C3c4ccsc4CCN3C2=O)cc1. The van der Waals surface area contributed by atoms with Crippen molar-refractivity contribution in [2.45, 2.75) is 19.4 Å². The summed E-state index contributed by atoms with van der Waals surface area (Å²) in [6.45, 7) is 2.60. The molecule has 2 aliphatic heterocycles. The molecule has 0 radical (unpaired) electrons. The summed E-state index contributed by atoms with van der Waals surface area (Å²) in [7, 11) is 0. The van der Waals surface area contributed by atoms with Gasteiger partial charge in [-0.25, -0.2) is 9.69 Å². The maximum absolute atomic E-state index is 12.8. The van der Waals surface area contributed by atoms with Crippen LogP contribution in [-0.4, -0.2) is 23.4 Å². The predicted octanol–water partition coefficient (Wildman–Crippen LogP) is 3.12. The highest BCUT2D eigenvalue weighted by atomic mass is 32.1. The van der Waals surface area contributed by atoms with Crippen LogP contribution >= 0.6 is 11.3 Å². The molecule has 3 amide bonds. The van der Waals surface area contributed by atoms with Crippen LogP contribution in [0.5, 0.6) is 0 Å². The van der Waals surface area contributed by atoms with Crippen LogP contribution < -0.4 is 4.90 Å². The van der Waals surface area contributed by atoms with Gasteiger partial charge in [-0.05, 0) is 42.5 Å². The van der Waals surface area contributed by atoms with Crippen molar-refractivity contribution in [2.75, 3.05) is 11.4 Å². The fourth-order valence-electron chi connectivity index (χ4n) is 3.07. The second-order valence-corrected chi connectivity index (χ2v) is 6.44. The van der Waals surface area contributed by atoms with Crippen molar-refractivity contribution < 1.29 is 9.59 Å². The number of amides is 3. The average molecular weight is 298 g/mol. The molecule has 0 saturated carbocycles. The van der Waals surface area contributed by atoms with Gasteiger partial charge in [0.25, 0.3) is 5.91 Å². The lowest BCUT2D eigenvalue weighted by Crippen LogP contribution is -2.35. The Labute approximate surface area is 126 Å². The van der Waals surface area contributed by atoms with Gasteiger partial charge in [-0.15, -0.1) is 11.3 Å². The summed E-state index contributed by atoms with van der Waals surface area (Å²) in [6.07, 6.45) is 0.838. The van der Waals surface area contributed by atoms with E-state index < -0.39 is 6.04 Å². The number of benzene rings is 1. The van der Waals surface area contributed by atoms with Crippen LogP contribution in [0.1, 0.15) is 22.0 Å². The summed E-state index contributed by atoms with van der Waals surface area (Å²) in [5, 5.41) is 2.00. The van der Waals surface area contributed by atoms with Crippen LogP contribution in [0, 0.1) is 6.92 Å². The summed E-state index contributed by atoms with van der Waals surface area (Å²) in [6, 6.07) is 8.84. The third-order valence-corrected chi connectivity index (χ3v) is 5.15. The zero-order valence-corrected chi connectivity index (χ0v) is 12.4. The summed E-state index contributed by atoms with van der Waals surface area (Å²) in [4.78, 5) is 29.6. The fourth-order valence-corrected chi connectivity index (χ4v) is 3.97. The maximum Gasteiger partial charge on any atom is 0.332 e. The highest BCUT2D eigenvalue weighted by Gasteiger charge is 2.49. The van der Waals surface area contributed by atoms with Crippen molar-refractivity contribution in [3.63, 3.8) is 0 Å². The van der Waals surface area contributed by atoms with Crippen molar-refractivity contribution in [1.82, 2.24) is 4.90 Å². The van der Waals surface area contributed by atoms with E-state index in [2.05, 4.69) is 0 Å². The van der Waals surface area contributed by atoms with Crippen LogP contribution in [0.2, 0.25) is 0 Å². The molecule has 2 aliphatic rings. The highest BCUT2D eigenvalue weighted by Crippen LogP contribution is 2.40. The van der Waals surface area contributed by atoms with E-state index >= 15 is 0 Å². The van der Waals surface area contributed by atoms with Gasteiger partial charge in [0.2, 0.25) is 0 Å². The minimum atomic E-state index is -0.436. The van der Waals surface area contributed by atoms with Gasteiger partial charge in [-0.1, -0.05) is 17.7 Å². The number of carbonyl (C=O) groups is 2. The minimum Gasteiger partial charge on any atom is -0.307 e. The molecule has 5 heteroatoms. The first kappa shape index (κ1) is 12.6. The third-order valence-electron chi connectivity index (χ3n) is 4.15. The second-order valence-electron chi connectivity index (χ2n) is 5.44. The number of anilines is 1. The van der Waals surface area contributed by atoms with Gasteiger partial charge in [0.1, 0.15) is 6.04 Å². The number of aryl methyl sites for hydroxylation is 1. The monoisotopic (exact) mass is 298 g/mol. The summed E-state index contributed by atoms with van der Waals surface area (Å²) >= 11 is 1.67. The Morgan fingerprint density at radius 3 is 2.67 bits per heavy atom. The second kappa shape index (κ2) is 4.43. The van der Waals surface area contributed by atoms with Gasteiger partial charge >= 0.3 is 6.03 Å². The van der Waals surface area contributed by atoms with Crippen LogP contribution in [0.3, 0.4) is 0 Å². The van der Waals surface area contributed by atoms with Crippen molar-refractivity contribution in [1.29, 1.82) is 0 Å². The largest absolute Gasteiger partial charge is 0.332 e. The van der Waals surface area contributed by atoms with E-state index in [1.807, 2.05) is 42.6 Å². The lowest BCUT2D eigenvalue weighted by molar-refractivity contribution is -0.120. The molecule has 4 nitrogen and oxygen atoms in total. The minimum absolute atomic E-state index is 0.136. The molecule has 1 fully saturated rings. The topological polar surface area (TPSA) is 40.6 Å². The van der Waals surface area contributed by atoms with E-state index in [9.17, 15) is 9.59 Å². The van der Waals surface area contributed by atoms with E-state index in [0.717, 1.165) is 17.5 Å². The molecule has 1 saturated heterocycles. The molecular formula is C16H14N2O2S. The molecule has 1 aromatic heterocycles. The van der Waals surface area contributed by atoms with E-state index in [-0.39, 0.29) is 11.9 Å². The number of imide groups is 1. The highest BCUT2D eigenvalue weighted by molar-refractivity contribution is 7.10. The lowest BCUT2D eigenvalue weighted by atomic mass is 10.0. The number of rotatable bonds is 1. The zero-order valence-electron chi connectivity index (χ0n) is 11.6. The molecule has 4 rings (SSSR count). The molecule has 1 atom stereocenters. The Hall–Kier alpha value is -2.14. The zero-order chi connectivity index (χ0) is 14.6. The summed E-state index contributed by atoms with van der Waals surface area (Å²) in [5.74, 6) is -0.136. The standard InChI is InChI=1S/C16H14N2O2S/c1-10-2-4-11(5-3-10)18-15(19)14-12-7-9-21-13(12)6-8-17(14)16(18)20/h2-5,7,9,14H,6,8H2,1H3. The van der Waals surface area contributed by atoms with Gasteiger partial charge in [0.05, 0.1) is 5.69 Å². The molecule has 1 unspecified atom stereocenters. The van der Waals surface area contributed by atoms with Crippen molar-refractivity contribution in [2.24, 2.45) is 0 Å². The maximum atomic E-state index is 12.8. The molecule has 0 N–H and O–H groups in total. The van der Waals surface area contributed by atoms with Crippen LogP contribution in [0.25, 0.3) is 0 Å². The Bertz CT molecular complexity index is 735. The normalized spacial score (nSPS) is 20.7. The van der Waals surface area contributed by atoms with Crippen LogP contribution in [-0.2, 0) is 11.2 Å². The Morgan fingerprint density at radius 1 is 1.14 bits per heavy atom. The van der Waals surface area contributed by atoms with Crippen LogP contribution in [0.15, 0.2) is 35.7 Å². The van der Waals surface area contributed by atoms with Crippen molar-refractivity contribution >= 4 is 29.0 Å². The number of hydrogen-bond acceptors (Lipinski definition) is 3. The first-order chi connectivity index (χ1) is 10.2. The molecule has 0 bridgehead atoms. The number of thiophene rings is 1. The number of urea groups is 1. The Balaban J connectivity index is 1.78. The molecule has 0 aliphatic carbocycles. The van der Waals surface area contributed by atoms with Crippen molar-refractivity contribution in [3.8, 4) is 0 Å². The average Bonchev–Trinajstić information content (AvgIpc) is 3.04. The van der Waals surface area contributed by atoms with Crippen molar-refractivity contribution in [3.05, 3.63) is 51.7 Å². The van der Waals surface area contributed by atoms with Crippen LogP contribution in [0.4, 0.5) is 10.5 Å². The molecular weight excluding hydrogens is 284 g/mol. The molecule has 21 heavy (non-hydrogen) atoms. The van der Waals surface area contributed by atoms with Gasteiger partial charge < -0.3 is 4.90 Å². The third kappa shape index (κ3) is 1.74. The van der Waals surface area contributed by atoms with E-state index in [1.54, 1.807) is 16.2 Å². The molecule has 2 aromatic rings. The van der Waals surface area contributed by atoms with Gasteiger partial charge in [0, 0.05) is 11.4 Å². The van der Waals surface area contributed by atoms with Gasteiger partial charge in [-0.2, -0.15) is 0 Å². The van der Waals surface area contributed by atoms with Gasteiger partial charge in [0.15, 0.2) is 0 Å². The van der Waals surface area contributed by atoms with E-state index in [4.69, 9.17) is 0 Å². The number of hydrogen-bond donors (Lipinski definition) is 0. The Kier molecular flexibility index (Phi) is 2.65. The number of carbonyl (C=O) groups excluding carboxylic acids is 2. The first-order valence-corrected chi connectivity index (χ1v) is 7.82. The lowest BCUT2D eigenvalue weighted by Gasteiger charge is -2.26. The molecule has 0 spiro atoms. The van der Waals surface area contributed by atoms with E-state index in [0.29, 0.717) is 12.2 Å². The predicted molar refractivity (Wildman–Crippen MR) is 81.5 cm³/mol. The number of nitrogens with zero attached hydrogens (tertiary/aromatic N) is 2. The quantitative estimate of drug-likeness (QED) is 0.759. The van der Waals surface area contributed by atoms with E-state index in [1.165, 1.54) is 9.78 Å². The molecule has 106 valence electrons. The molecule has 1 aromatic carbocycles. The van der Waals surface area contributed by atoms with Gasteiger partial charge in [-0.3, -0.25) is 4.79 Å². The smallest absolute Gasteiger partial charge is 0.307 e. The summed E-state index contributed by atoms with van der Waals surface area (Å²) in [5.41, 5.74) is 2.76. The Morgan fingerprint density at radius 2 is 1.90 bits per heavy atom. The summed E-state index contributed by atoms with van der Waals surface area (Å²) < 4.78 is 0.